The van der Waals surface area contributed by atoms with E-state index < -0.39 is 61.1 Å². The Kier molecular flexibility index (Phi) is 19.3. The Morgan fingerprint density at radius 1 is 0.901 bits per heavy atom. The zero-order chi connectivity index (χ0) is 64.0. The number of nitro groups is 1. The highest BCUT2D eigenvalue weighted by molar-refractivity contribution is 7.90. The van der Waals surface area contributed by atoms with Crippen LogP contribution in [0.2, 0.25) is 5.02 Å². The first-order chi connectivity index (χ1) is 43.8. The molecule has 25 heteroatoms. The van der Waals surface area contributed by atoms with Crippen molar-refractivity contribution in [3.8, 4) is 23.3 Å². The van der Waals surface area contributed by atoms with E-state index >= 15 is 0 Å². The average Bonchev–Trinajstić information content (AvgIpc) is 1.71. The molecule has 0 spiro atoms. The summed E-state index contributed by atoms with van der Waals surface area (Å²) in [5.41, 5.74) is 5.62. The monoisotopic (exact) mass is 1280 g/mol. The molecule has 5 aliphatic rings. The quantitative estimate of drug-likeness (QED) is 0.0173. The summed E-state index contributed by atoms with van der Waals surface area (Å²) in [4.78, 5) is 104. The van der Waals surface area contributed by atoms with Crippen molar-refractivity contribution in [2.75, 3.05) is 89.0 Å². The molecule has 11 rings (SSSR count). The van der Waals surface area contributed by atoms with Crippen LogP contribution in [0, 0.1) is 33.3 Å². The SMILES string of the molecule is CC1(C)CCC(CN2CCN(c3ccc(C(=O)NS(=O)(=O)c4ccc(NCC5CCCN(C(=O)COCCOCCC#Cc6cccc7c6C(=O)N(C6CCC(=O)NC6=O)C7=O)C5)c([N+](=O)[O-])c4)c(Oc4cnc5[nH]ccc5c4)c3)CC2)=C(c2ccc(Cl)cc2)C1. The molecule has 474 valence electrons. The standard InChI is InChI=1S/C66H69ClN10O13S/c1-66(2)23-21-46(53(36-66)43-11-13-47(67)14-12-43)40-73-26-28-74(29-27-73)48-15-17-51(57(34-48)90-49-33-45-22-24-68-61(45)70-38-49)62(80)72-91(86,87)50-16-18-54(56(35-50)77(84)85)69-37-42-7-6-25-75(39-42)59(79)41-89-32-31-88-30-4-3-8-44-9-5-10-52-60(44)65(83)76(64(52)82)55-19-20-58(78)71-63(55)81/h5,9-18,22,24,33-35,38,42,55,69H,4,6-7,19-21,23,25-32,36-37,39-41H2,1-2H3,(H,68,70)(H,72,80)(H,71,78,81). The van der Waals surface area contributed by atoms with Crippen LogP contribution in [0.5, 0.6) is 11.5 Å². The molecule has 4 aromatic carbocycles. The zero-order valence-electron chi connectivity index (χ0n) is 50.4. The van der Waals surface area contributed by atoms with Crippen molar-refractivity contribution in [2.45, 2.75) is 76.2 Å². The van der Waals surface area contributed by atoms with E-state index in [2.05, 4.69) is 72.9 Å². The van der Waals surface area contributed by atoms with E-state index in [1.54, 1.807) is 41.4 Å². The molecule has 3 saturated heterocycles. The number of hydrogen-bond donors (Lipinski definition) is 4. The number of carbonyl (C=O) groups excluding carboxylic acids is 6. The lowest BCUT2D eigenvalue weighted by atomic mass is 9.72. The highest BCUT2D eigenvalue weighted by atomic mass is 35.5. The number of imide groups is 2. The highest BCUT2D eigenvalue weighted by Gasteiger charge is 2.45. The van der Waals surface area contributed by atoms with Gasteiger partial charge in [0.05, 0.1) is 52.5 Å². The number of rotatable bonds is 21. The van der Waals surface area contributed by atoms with Crippen molar-refractivity contribution in [1.82, 2.24) is 34.7 Å². The fourth-order valence-electron chi connectivity index (χ4n) is 12.3. The van der Waals surface area contributed by atoms with Crippen LogP contribution in [-0.2, 0) is 33.9 Å². The van der Waals surface area contributed by atoms with Crippen molar-refractivity contribution in [1.29, 1.82) is 0 Å². The lowest BCUT2D eigenvalue weighted by Crippen LogP contribution is -2.54. The second kappa shape index (κ2) is 27.6. The maximum atomic E-state index is 14.2. The molecule has 6 heterocycles. The number of nitro benzene ring substituents is 1. The largest absolute Gasteiger partial charge is 0.455 e. The molecular weight excluding hydrogens is 1210 g/mol. The molecule has 1 aliphatic carbocycles. The number of sulfonamides is 1. The van der Waals surface area contributed by atoms with E-state index in [0.717, 1.165) is 60.9 Å². The van der Waals surface area contributed by atoms with Gasteiger partial charge in [0.1, 0.15) is 35.5 Å². The predicted octanol–water partition coefficient (Wildman–Crippen LogP) is 8.35. The van der Waals surface area contributed by atoms with Crippen LogP contribution in [0.15, 0.2) is 114 Å². The molecule has 4 aliphatic heterocycles. The Labute approximate surface area is 531 Å². The normalized spacial score (nSPS) is 18.6. The molecule has 2 atom stereocenters. The van der Waals surface area contributed by atoms with Gasteiger partial charge in [-0.1, -0.05) is 61.1 Å². The minimum absolute atomic E-state index is 0.0109. The number of hydrogen-bond acceptors (Lipinski definition) is 17. The third kappa shape index (κ3) is 14.9. The van der Waals surface area contributed by atoms with Crippen LogP contribution < -0.4 is 25.0 Å². The number of ether oxygens (including phenoxy) is 3. The molecule has 0 radical (unpaired) electrons. The topological polar surface area (TPSA) is 285 Å². The van der Waals surface area contributed by atoms with Gasteiger partial charge in [-0.15, -0.1) is 0 Å². The van der Waals surface area contributed by atoms with Gasteiger partial charge in [-0.2, -0.15) is 0 Å². The van der Waals surface area contributed by atoms with E-state index in [9.17, 15) is 47.3 Å². The number of nitrogens with one attached hydrogen (secondary N) is 4. The van der Waals surface area contributed by atoms with Crippen molar-refractivity contribution in [2.24, 2.45) is 11.3 Å². The van der Waals surface area contributed by atoms with Gasteiger partial charge in [0, 0.05) is 105 Å². The maximum absolute atomic E-state index is 14.2. The van der Waals surface area contributed by atoms with Gasteiger partial charge < -0.3 is 34.3 Å². The number of carbonyl (C=O) groups is 6. The summed E-state index contributed by atoms with van der Waals surface area (Å²) < 4.78 is 47.7. The van der Waals surface area contributed by atoms with Gasteiger partial charge >= 0.3 is 0 Å². The molecule has 3 fully saturated rings. The predicted molar refractivity (Wildman–Crippen MR) is 339 cm³/mol. The number of H-pyrrole nitrogens is 1. The van der Waals surface area contributed by atoms with E-state index in [1.165, 1.54) is 47.2 Å². The number of anilines is 2. The lowest BCUT2D eigenvalue weighted by molar-refractivity contribution is -0.384. The number of benzene rings is 4. The van der Waals surface area contributed by atoms with Gasteiger partial charge in [0.2, 0.25) is 17.7 Å². The Balaban J connectivity index is 0.660. The second-order valence-corrected chi connectivity index (χ2v) is 26.2. The number of nitrogens with zero attached hydrogens (tertiary/aromatic N) is 6. The van der Waals surface area contributed by atoms with Gasteiger partial charge in [-0.05, 0) is 122 Å². The summed E-state index contributed by atoms with van der Waals surface area (Å²) in [5, 5.41) is 19.2. The molecule has 0 bridgehead atoms. The lowest BCUT2D eigenvalue weighted by Gasteiger charge is -2.39. The first kappa shape index (κ1) is 63.6. The first-order valence-corrected chi connectivity index (χ1v) is 32.2. The van der Waals surface area contributed by atoms with Crippen molar-refractivity contribution >= 4 is 90.7 Å². The Hall–Kier alpha value is -8.99. The first-order valence-electron chi connectivity index (χ1n) is 30.3. The fraction of sp³-hybridized carbons (Fsp3) is 0.379. The molecule has 2 aromatic heterocycles. The molecule has 91 heavy (non-hydrogen) atoms. The minimum Gasteiger partial charge on any atom is -0.455 e. The number of pyridine rings is 1. The van der Waals surface area contributed by atoms with Crippen molar-refractivity contribution in [3.05, 3.63) is 152 Å². The highest BCUT2D eigenvalue weighted by Crippen LogP contribution is 2.44. The molecule has 6 amide bonds. The number of piperazine rings is 1. The summed E-state index contributed by atoms with van der Waals surface area (Å²) in [7, 11) is -4.69. The molecule has 0 saturated carbocycles. The molecule has 4 N–H and O–H groups in total. The van der Waals surface area contributed by atoms with Gasteiger partial charge in [0.25, 0.3) is 33.4 Å². The number of likely N-dealkylation sites (tertiary alicyclic amines) is 1. The fourth-order valence-corrected chi connectivity index (χ4v) is 13.4. The second-order valence-electron chi connectivity index (χ2n) is 24.1. The summed E-state index contributed by atoms with van der Waals surface area (Å²) in [6.45, 7) is 9.79. The average molecular weight is 1280 g/mol. The molecular formula is C66H69ClN10O13S. The van der Waals surface area contributed by atoms with E-state index in [1.807, 2.05) is 18.2 Å². The van der Waals surface area contributed by atoms with Gasteiger partial charge in [0.15, 0.2) is 0 Å². The third-order valence-electron chi connectivity index (χ3n) is 17.2. The van der Waals surface area contributed by atoms with Crippen LogP contribution in [0.4, 0.5) is 17.1 Å². The van der Waals surface area contributed by atoms with E-state index in [0.29, 0.717) is 61.0 Å². The zero-order valence-corrected chi connectivity index (χ0v) is 52.0. The van der Waals surface area contributed by atoms with Crippen LogP contribution >= 0.6 is 11.6 Å². The Morgan fingerprint density at radius 3 is 2.49 bits per heavy atom. The number of aromatic amines is 1. The smallest absolute Gasteiger partial charge is 0.293 e. The number of halogens is 1. The summed E-state index contributed by atoms with van der Waals surface area (Å²) in [6, 6.07) is 23.7. The van der Waals surface area contributed by atoms with Gasteiger partial charge in [-0.25, -0.2) is 18.1 Å². The number of fused-ring (bicyclic) bond motifs is 2. The molecule has 23 nitrogen and oxygen atoms in total. The van der Waals surface area contributed by atoms with E-state index in [4.69, 9.17) is 25.8 Å². The Bertz CT molecular complexity index is 4060. The minimum atomic E-state index is -4.69. The third-order valence-corrected chi connectivity index (χ3v) is 18.7. The molecule has 2 unspecified atom stereocenters. The Morgan fingerprint density at radius 2 is 1.70 bits per heavy atom. The maximum Gasteiger partial charge on any atom is 0.293 e. The van der Waals surface area contributed by atoms with Crippen molar-refractivity contribution in [3.63, 3.8) is 0 Å². The summed E-state index contributed by atoms with van der Waals surface area (Å²) in [5.74, 6) is 2.47. The van der Waals surface area contributed by atoms with Crippen LogP contribution in [0.3, 0.4) is 0 Å². The van der Waals surface area contributed by atoms with Crippen molar-refractivity contribution < 1.29 is 56.3 Å². The van der Waals surface area contributed by atoms with Crippen LogP contribution in [0.1, 0.15) is 107 Å². The summed E-state index contributed by atoms with van der Waals surface area (Å²) in [6.07, 6.45) is 8.07. The summed E-state index contributed by atoms with van der Waals surface area (Å²) >= 11 is 6.27. The number of aromatic nitrogens is 2. The molecule has 6 aromatic rings. The number of amides is 6. The number of allylic oxidation sites excluding steroid dienone is 1. The number of piperidine rings is 2. The van der Waals surface area contributed by atoms with E-state index in [-0.39, 0.29) is 97.6 Å². The van der Waals surface area contributed by atoms with Gasteiger partial charge in [-0.3, -0.25) is 54.0 Å². The van der Waals surface area contributed by atoms with Crippen LogP contribution in [-0.4, -0.2) is 158 Å². The van der Waals surface area contributed by atoms with Crippen LogP contribution in [0.25, 0.3) is 16.6 Å².